The van der Waals surface area contributed by atoms with E-state index < -0.39 is 0 Å². The standard InChI is InChI=1S/C16H19FN4OS/c1-20-9-12(8-18-20)15-11-23-7-6-21(15)10-16(22)19-14-4-2-13(17)3-5-14/h2-5,8-9,15H,6-7,10-11H2,1H3,(H,19,22). The van der Waals surface area contributed by atoms with Crippen LogP contribution in [-0.2, 0) is 11.8 Å². The molecule has 0 saturated carbocycles. The van der Waals surface area contributed by atoms with E-state index in [-0.39, 0.29) is 17.8 Å². The van der Waals surface area contributed by atoms with Gasteiger partial charge in [0.1, 0.15) is 5.82 Å². The number of benzene rings is 1. The zero-order valence-electron chi connectivity index (χ0n) is 12.9. The Bertz CT molecular complexity index is 673. The van der Waals surface area contributed by atoms with Crippen LogP contribution in [0.1, 0.15) is 11.6 Å². The molecule has 122 valence electrons. The molecule has 1 aromatic heterocycles. The molecule has 0 radical (unpaired) electrons. The lowest BCUT2D eigenvalue weighted by Gasteiger charge is -2.34. The molecule has 1 aliphatic heterocycles. The maximum atomic E-state index is 12.9. The summed E-state index contributed by atoms with van der Waals surface area (Å²) in [6.07, 6.45) is 3.86. The Balaban J connectivity index is 1.64. The SMILES string of the molecule is Cn1cc(C2CSCCN2CC(=O)Nc2ccc(F)cc2)cn1. The first kappa shape index (κ1) is 16.0. The lowest BCUT2D eigenvalue weighted by molar-refractivity contribution is -0.117. The lowest BCUT2D eigenvalue weighted by atomic mass is 10.1. The van der Waals surface area contributed by atoms with Crippen molar-refractivity contribution in [1.29, 1.82) is 0 Å². The van der Waals surface area contributed by atoms with E-state index >= 15 is 0 Å². The van der Waals surface area contributed by atoms with Gasteiger partial charge in [0.2, 0.25) is 5.91 Å². The summed E-state index contributed by atoms with van der Waals surface area (Å²) in [6.45, 7) is 1.18. The number of aryl methyl sites for hydroxylation is 1. The second-order valence-electron chi connectivity index (χ2n) is 5.56. The third-order valence-corrected chi connectivity index (χ3v) is 4.85. The van der Waals surface area contributed by atoms with Gasteiger partial charge in [-0.1, -0.05) is 0 Å². The Morgan fingerprint density at radius 1 is 1.43 bits per heavy atom. The summed E-state index contributed by atoms with van der Waals surface area (Å²) in [7, 11) is 1.89. The van der Waals surface area contributed by atoms with Crippen molar-refractivity contribution in [2.24, 2.45) is 7.05 Å². The minimum atomic E-state index is -0.312. The van der Waals surface area contributed by atoms with Crippen LogP contribution in [0, 0.1) is 5.82 Å². The van der Waals surface area contributed by atoms with Gasteiger partial charge in [-0.2, -0.15) is 16.9 Å². The van der Waals surface area contributed by atoms with Gasteiger partial charge in [-0.15, -0.1) is 0 Å². The topological polar surface area (TPSA) is 50.2 Å². The molecular weight excluding hydrogens is 315 g/mol. The van der Waals surface area contributed by atoms with Crippen LogP contribution in [0.2, 0.25) is 0 Å². The molecule has 1 N–H and O–H groups in total. The maximum absolute atomic E-state index is 12.9. The normalized spacial score (nSPS) is 18.8. The van der Waals surface area contributed by atoms with Crippen molar-refractivity contribution in [2.45, 2.75) is 6.04 Å². The number of carbonyl (C=O) groups is 1. The van der Waals surface area contributed by atoms with Crippen LogP contribution in [0.25, 0.3) is 0 Å². The molecule has 1 amide bonds. The van der Waals surface area contributed by atoms with E-state index in [0.717, 1.165) is 23.6 Å². The number of rotatable bonds is 4. The van der Waals surface area contributed by atoms with Gasteiger partial charge < -0.3 is 5.32 Å². The molecule has 1 fully saturated rings. The molecule has 2 aromatic rings. The predicted molar refractivity (Wildman–Crippen MR) is 89.9 cm³/mol. The Labute approximate surface area is 138 Å². The molecule has 0 aliphatic carbocycles. The highest BCUT2D eigenvalue weighted by atomic mass is 32.2. The fourth-order valence-electron chi connectivity index (χ4n) is 2.66. The maximum Gasteiger partial charge on any atom is 0.238 e. The highest BCUT2D eigenvalue weighted by molar-refractivity contribution is 7.99. The van der Waals surface area contributed by atoms with Crippen LogP contribution < -0.4 is 5.32 Å². The summed E-state index contributed by atoms with van der Waals surface area (Å²) >= 11 is 1.89. The van der Waals surface area contributed by atoms with E-state index in [2.05, 4.69) is 15.3 Å². The van der Waals surface area contributed by atoms with Crippen molar-refractivity contribution >= 4 is 23.4 Å². The molecule has 1 aromatic carbocycles. The van der Waals surface area contributed by atoms with Gasteiger partial charge in [0.25, 0.3) is 0 Å². The van der Waals surface area contributed by atoms with Crippen molar-refractivity contribution in [3.63, 3.8) is 0 Å². The highest BCUT2D eigenvalue weighted by Crippen LogP contribution is 2.29. The zero-order chi connectivity index (χ0) is 16.2. The van der Waals surface area contributed by atoms with Gasteiger partial charge in [-0.05, 0) is 24.3 Å². The molecule has 1 atom stereocenters. The first-order chi connectivity index (χ1) is 11.1. The number of hydrogen-bond acceptors (Lipinski definition) is 4. The molecule has 23 heavy (non-hydrogen) atoms. The number of hydrogen-bond donors (Lipinski definition) is 1. The quantitative estimate of drug-likeness (QED) is 0.932. The largest absolute Gasteiger partial charge is 0.325 e. The molecule has 0 bridgehead atoms. The fraction of sp³-hybridized carbons (Fsp3) is 0.375. The highest BCUT2D eigenvalue weighted by Gasteiger charge is 2.26. The Morgan fingerprint density at radius 3 is 2.91 bits per heavy atom. The molecule has 1 saturated heterocycles. The van der Waals surface area contributed by atoms with Crippen LogP contribution in [-0.4, -0.2) is 45.2 Å². The van der Waals surface area contributed by atoms with E-state index in [0.29, 0.717) is 12.2 Å². The third kappa shape index (κ3) is 4.11. The van der Waals surface area contributed by atoms with Gasteiger partial charge in [0.15, 0.2) is 0 Å². The molecule has 0 spiro atoms. The van der Waals surface area contributed by atoms with Gasteiger partial charge in [0.05, 0.1) is 12.7 Å². The van der Waals surface area contributed by atoms with Crippen molar-refractivity contribution in [3.8, 4) is 0 Å². The van der Waals surface area contributed by atoms with Crippen molar-refractivity contribution < 1.29 is 9.18 Å². The number of carbonyl (C=O) groups excluding carboxylic acids is 1. The van der Waals surface area contributed by atoms with Crippen LogP contribution in [0.3, 0.4) is 0 Å². The lowest BCUT2D eigenvalue weighted by Crippen LogP contribution is -2.41. The molecule has 1 aliphatic rings. The average molecular weight is 334 g/mol. The monoisotopic (exact) mass is 334 g/mol. The summed E-state index contributed by atoms with van der Waals surface area (Å²) < 4.78 is 14.7. The molecule has 2 heterocycles. The first-order valence-corrected chi connectivity index (χ1v) is 8.63. The van der Waals surface area contributed by atoms with Gasteiger partial charge >= 0.3 is 0 Å². The number of aromatic nitrogens is 2. The molecule has 3 rings (SSSR count). The average Bonchev–Trinajstić information content (AvgIpc) is 2.96. The van der Waals surface area contributed by atoms with Crippen molar-refractivity contribution in [1.82, 2.24) is 14.7 Å². The van der Waals surface area contributed by atoms with Gasteiger partial charge in [-0.3, -0.25) is 14.4 Å². The minimum absolute atomic E-state index is 0.0857. The summed E-state index contributed by atoms with van der Waals surface area (Å²) in [4.78, 5) is 14.4. The summed E-state index contributed by atoms with van der Waals surface area (Å²) in [5.41, 5.74) is 1.75. The Morgan fingerprint density at radius 2 is 2.22 bits per heavy atom. The summed E-state index contributed by atoms with van der Waals surface area (Å²) in [5, 5.41) is 7.04. The Kier molecular flexibility index (Phi) is 4.97. The van der Waals surface area contributed by atoms with E-state index in [1.54, 1.807) is 16.8 Å². The fourth-order valence-corrected chi connectivity index (χ4v) is 3.82. The molecular formula is C16H19FN4OS. The molecule has 1 unspecified atom stereocenters. The molecule has 7 heteroatoms. The number of anilines is 1. The van der Waals surface area contributed by atoms with Crippen LogP contribution in [0.5, 0.6) is 0 Å². The predicted octanol–water partition coefficient (Wildman–Crippen LogP) is 2.29. The van der Waals surface area contributed by atoms with Crippen LogP contribution in [0.15, 0.2) is 36.7 Å². The van der Waals surface area contributed by atoms with Crippen molar-refractivity contribution in [2.75, 3.05) is 29.9 Å². The molecule has 5 nitrogen and oxygen atoms in total. The smallest absolute Gasteiger partial charge is 0.238 e. The number of thioether (sulfide) groups is 1. The number of halogens is 1. The first-order valence-electron chi connectivity index (χ1n) is 7.47. The van der Waals surface area contributed by atoms with Crippen LogP contribution in [0.4, 0.5) is 10.1 Å². The second kappa shape index (κ2) is 7.14. The van der Waals surface area contributed by atoms with Gasteiger partial charge in [-0.25, -0.2) is 4.39 Å². The van der Waals surface area contributed by atoms with Crippen LogP contribution >= 0.6 is 11.8 Å². The van der Waals surface area contributed by atoms with E-state index in [1.165, 1.54) is 12.1 Å². The van der Waals surface area contributed by atoms with E-state index in [9.17, 15) is 9.18 Å². The summed E-state index contributed by atoms with van der Waals surface area (Å²) in [5.74, 6) is 1.57. The van der Waals surface area contributed by atoms with E-state index in [1.807, 2.05) is 31.2 Å². The summed E-state index contributed by atoms with van der Waals surface area (Å²) in [6, 6.07) is 6.01. The Hall–Kier alpha value is -1.86. The number of nitrogens with one attached hydrogen (secondary N) is 1. The third-order valence-electron chi connectivity index (χ3n) is 3.82. The van der Waals surface area contributed by atoms with Crippen molar-refractivity contribution in [3.05, 3.63) is 48.0 Å². The second-order valence-corrected chi connectivity index (χ2v) is 6.71. The van der Waals surface area contributed by atoms with E-state index in [4.69, 9.17) is 0 Å². The zero-order valence-corrected chi connectivity index (χ0v) is 13.7. The van der Waals surface area contributed by atoms with Gasteiger partial charge in [0, 0.05) is 48.6 Å². The number of nitrogens with zero attached hydrogens (tertiary/aromatic N) is 3. The minimum Gasteiger partial charge on any atom is -0.325 e. The number of amides is 1.